The van der Waals surface area contributed by atoms with Crippen LogP contribution in [-0.4, -0.2) is 53.5 Å². The van der Waals surface area contributed by atoms with E-state index in [1.54, 1.807) is 43.5 Å². The molecule has 0 fully saturated rings. The van der Waals surface area contributed by atoms with Crippen LogP contribution in [0.2, 0.25) is 0 Å². The second kappa shape index (κ2) is 11.7. The fraction of sp³-hybridized carbons (Fsp3) is 0.222. The molecule has 1 amide bonds. The Hall–Kier alpha value is -3.62. The third-order valence-electron chi connectivity index (χ3n) is 5.60. The first kappa shape index (κ1) is 26.0. The van der Waals surface area contributed by atoms with Crippen LogP contribution in [0.25, 0.3) is 0 Å². The molecule has 0 aromatic heterocycles. The van der Waals surface area contributed by atoms with Gasteiger partial charge in [-0.3, -0.25) is 9.10 Å². The largest absolute Gasteiger partial charge is 0.497 e. The van der Waals surface area contributed by atoms with Crippen molar-refractivity contribution in [2.24, 2.45) is 0 Å². The lowest BCUT2D eigenvalue weighted by atomic mass is 10.1. The van der Waals surface area contributed by atoms with Crippen molar-refractivity contribution in [3.63, 3.8) is 0 Å². The fourth-order valence-corrected chi connectivity index (χ4v) is 5.18. The zero-order chi connectivity index (χ0) is 25.4. The van der Waals surface area contributed by atoms with Gasteiger partial charge in [0.25, 0.3) is 15.9 Å². The fourth-order valence-electron chi connectivity index (χ4n) is 3.69. The lowest BCUT2D eigenvalue weighted by Crippen LogP contribution is -2.35. The average molecular weight is 494 g/mol. The summed E-state index contributed by atoms with van der Waals surface area (Å²) in [5.74, 6) is 0.409. The molecular formula is C27H31N3O4S. The molecule has 0 aliphatic rings. The molecule has 0 aliphatic carbocycles. The van der Waals surface area contributed by atoms with Gasteiger partial charge in [0.05, 0.1) is 30.3 Å². The summed E-state index contributed by atoms with van der Waals surface area (Å²) >= 11 is 0. The van der Waals surface area contributed by atoms with E-state index in [0.29, 0.717) is 12.2 Å². The number of hydrogen-bond donors (Lipinski definition) is 1. The molecule has 1 N–H and O–H groups in total. The number of para-hydroxylation sites is 1. The smallest absolute Gasteiger partial charge is 0.264 e. The van der Waals surface area contributed by atoms with E-state index in [2.05, 4.69) is 11.9 Å². The number of amides is 1. The molecule has 1 atom stereocenters. The van der Waals surface area contributed by atoms with Gasteiger partial charge in [-0.15, -0.1) is 6.58 Å². The van der Waals surface area contributed by atoms with Gasteiger partial charge in [0.15, 0.2) is 0 Å². The van der Waals surface area contributed by atoms with Gasteiger partial charge < -0.3 is 15.0 Å². The van der Waals surface area contributed by atoms with E-state index < -0.39 is 10.0 Å². The molecular weight excluding hydrogens is 462 g/mol. The zero-order valence-corrected chi connectivity index (χ0v) is 21.0. The highest BCUT2D eigenvalue weighted by Crippen LogP contribution is 2.25. The molecule has 0 aliphatic heterocycles. The van der Waals surface area contributed by atoms with E-state index >= 15 is 0 Å². The number of likely N-dealkylation sites (N-methyl/N-ethyl adjacent to an activating group) is 1. The monoisotopic (exact) mass is 493 g/mol. The van der Waals surface area contributed by atoms with E-state index in [0.717, 1.165) is 11.3 Å². The Bertz CT molecular complexity index is 1240. The summed E-state index contributed by atoms with van der Waals surface area (Å²) in [6.45, 7) is 4.14. The van der Waals surface area contributed by atoms with Crippen molar-refractivity contribution in [2.75, 3.05) is 38.6 Å². The van der Waals surface area contributed by atoms with Crippen LogP contribution in [0.15, 0.2) is 96.4 Å². The number of anilines is 1. The maximum atomic E-state index is 13.4. The first-order valence-electron chi connectivity index (χ1n) is 11.1. The summed E-state index contributed by atoms with van der Waals surface area (Å²) < 4.78 is 33.3. The molecule has 0 saturated carbocycles. The van der Waals surface area contributed by atoms with Crippen LogP contribution < -0.4 is 14.4 Å². The molecule has 0 spiro atoms. The molecule has 3 aromatic carbocycles. The van der Waals surface area contributed by atoms with E-state index in [9.17, 15) is 13.2 Å². The van der Waals surface area contributed by atoms with Crippen LogP contribution in [0.5, 0.6) is 5.75 Å². The summed E-state index contributed by atoms with van der Waals surface area (Å²) in [5, 5.41) is 2.94. The molecule has 0 radical (unpaired) electrons. The second-order valence-corrected chi connectivity index (χ2v) is 10.0. The van der Waals surface area contributed by atoms with E-state index in [-0.39, 0.29) is 29.0 Å². The average Bonchev–Trinajstić information content (AvgIpc) is 2.88. The first-order chi connectivity index (χ1) is 16.8. The number of nitrogens with one attached hydrogen (secondary N) is 1. The van der Waals surface area contributed by atoms with Gasteiger partial charge in [-0.05, 0) is 62.1 Å². The highest BCUT2D eigenvalue weighted by molar-refractivity contribution is 7.92. The van der Waals surface area contributed by atoms with Gasteiger partial charge >= 0.3 is 0 Å². The normalized spacial score (nSPS) is 12.1. The van der Waals surface area contributed by atoms with Crippen LogP contribution >= 0.6 is 0 Å². The quantitative estimate of drug-likeness (QED) is 0.407. The third-order valence-corrected chi connectivity index (χ3v) is 7.39. The molecule has 184 valence electrons. The standard InChI is InChI=1S/C27H31N3O4S/c1-5-18-30(23-11-7-6-8-12-23)35(32,33)25-13-9-10-22(19-25)27(31)28-20-26(29(2)3)21-14-16-24(34-4)17-15-21/h5-17,19,26H,1,18,20H2,2-4H3,(H,28,31). The van der Waals surface area contributed by atoms with Crippen molar-refractivity contribution in [2.45, 2.75) is 10.9 Å². The van der Waals surface area contributed by atoms with Crippen LogP contribution in [-0.2, 0) is 10.0 Å². The number of rotatable bonds is 11. The Morgan fingerprint density at radius 1 is 1.03 bits per heavy atom. The van der Waals surface area contributed by atoms with Gasteiger partial charge in [0, 0.05) is 12.1 Å². The van der Waals surface area contributed by atoms with Crippen molar-refractivity contribution in [3.8, 4) is 5.75 Å². The Balaban J connectivity index is 1.80. The molecule has 0 heterocycles. The number of methoxy groups -OCH3 is 1. The van der Waals surface area contributed by atoms with Gasteiger partial charge in [-0.2, -0.15) is 0 Å². The number of ether oxygens (including phenoxy) is 1. The first-order valence-corrected chi connectivity index (χ1v) is 12.6. The number of carbonyl (C=O) groups is 1. The van der Waals surface area contributed by atoms with Crippen LogP contribution in [0.4, 0.5) is 5.69 Å². The van der Waals surface area contributed by atoms with Crippen molar-refractivity contribution < 1.29 is 17.9 Å². The van der Waals surface area contributed by atoms with Crippen LogP contribution in [0.3, 0.4) is 0 Å². The minimum atomic E-state index is -3.90. The molecule has 3 aromatic rings. The number of hydrogen-bond acceptors (Lipinski definition) is 5. The van der Waals surface area contributed by atoms with Crippen LogP contribution in [0, 0.1) is 0 Å². The van der Waals surface area contributed by atoms with Crippen molar-refractivity contribution in [3.05, 3.63) is 103 Å². The van der Waals surface area contributed by atoms with E-state index in [4.69, 9.17) is 4.74 Å². The third kappa shape index (κ3) is 6.29. The summed E-state index contributed by atoms with van der Waals surface area (Å²) in [6, 6.07) is 22.5. The van der Waals surface area contributed by atoms with Crippen LogP contribution in [0.1, 0.15) is 22.0 Å². The maximum Gasteiger partial charge on any atom is 0.264 e. The minimum absolute atomic E-state index is 0.0372. The predicted molar refractivity (Wildman–Crippen MR) is 139 cm³/mol. The summed E-state index contributed by atoms with van der Waals surface area (Å²) in [7, 11) is 1.58. The highest BCUT2D eigenvalue weighted by atomic mass is 32.2. The van der Waals surface area contributed by atoms with Crippen molar-refractivity contribution in [1.82, 2.24) is 10.2 Å². The lowest BCUT2D eigenvalue weighted by molar-refractivity contribution is 0.0941. The molecule has 0 saturated heterocycles. The van der Waals surface area contributed by atoms with Gasteiger partial charge in [0.2, 0.25) is 0 Å². The number of sulfonamides is 1. The van der Waals surface area contributed by atoms with Gasteiger partial charge in [-0.25, -0.2) is 8.42 Å². The van der Waals surface area contributed by atoms with E-state index in [1.165, 1.54) is 22.5 Å². The van der Waals surface area contributed by atoms with Gasteiger partial charge in [0.1, 0.15) is 5.75 Å². The summed E-state index contributed by atoms with van der Waals surface area (Å²) in [4.78, 5) is 15.0. The summed E-state index contributed by atoms with van der Waals surface area (Å²) in [6.07, 6.45) is 1.53. The number of benzene rings is 3. The zero-order valence-electron chi connectivity index (χ0n) is 20.2. The maximum absolute atomic E-state index is 13.4. The molecule has 0 bridgehead atoms. The Kier molecular flexibility index (Phi) is 8.68. The Labute approximate surface area is 207 Å². The molecule has 3 rings (SSSR count). The second-order valence-electron chi connectivity index (χ2n) is 8.15. The lowest BCUT2D eigenvalue weighted by Gasteiger charge is -2.25. The minimum Gasteiger partial charge on any atom is -0.497 e. The predicted octanol–water partition coefficient (Wildman–Crippen LogP) is 4.11. The number of nitrogens with zero attached hydrogens (tertiary/aromatic N) is 2. The molecule has 8 heteroatoms. The van der Waals surface area contributed by atoms with Crippen molar-refractivity contribution >= 4 is 21.6 Å². The Morgan fingerprint density at radius 2 is 1.71 bits per heavy atom. The Morgan fingerprint density at radius 3 is 2.31 bits per heavy atom. The van der Waals surface area contributed by atoms with E-state index in [1.807, 2.05) is 49.3 Å². The molecule has 1 unspecified atom stereocenters. The number of carbonyl (C=O) groups excluding carboxylic acids is 1. The highest BCUT2D eigenvalue weighted by Gasteiger charge is 2.25. The topological polar surface area (TPSA) is 79.0 Å². The van der Waals surface area contributed by atoms with Crippen molar-refractivity contribution in [1.29, 1.82) is 0 Å². The van der Waals surface area contributed by atoms with Gasteiger partial charge in [-0.1, -0.05) is 42.5 Å². The molecule has 7 nitrogen and oxygen atoms in total. The SMILES string of the molecule is C=CCN(c1ccccc1)S(=O)(=O)c1cccc(C(=O)NCC(c2ccc(OC)cc2)N(C)C)c1. The molecule has 35 heavy (non-hydrogen) atoms. The summed E-state index contributed by atoms with van der Waals surface area (Å²) in [5.41, 5.74) is 1.82.